The van der Waals surface area contributed by atoms with E-state index in [0.717, 1.165) is 37.1 Å². The van der Waals surface area contributed by atoms with Crippen LogP contribution in [0.25, 0.3) is 0 Å². The Morgan fingerprint density at radius 2 is 1.71 bits per heavy atom. The predicted molar refractivity (Wildman–Crippen MR) is 82.5 cm³/mol. The molecule has 0 bridgehead atoms. The Bertz CT molecular complexity index is 509. The average molecular weight is 291 g/mol. The molecule has 0 unspecified atom stereocenters. The van der Waals surface area contributed by atoms with E-state index in [1.807, 2.05) is 0 Å². The van der Waals surface area contributed by atoms with Crippen LogP contribution in [0.15, 0.2) is 6.07 Å². The van der Waals surface area contributed by atoms with E-state index in [1.165, 1.54) is 36.8 Å². The third kappa shape index (κ3) is 2.57. The summed E-state index contributed by atoms with van der Waals surface area (Å²) in [4.78, 5) is 2.61. The van der Waals surface area contributed by atoms with Crippen LogP contribution in [0.5, 0.6) is 17.2 Å². The molecule has 1 aliphatic carbocycles. The zero-order chi connectivity index (χ0) is 14.8. The van der Waals surface area contributed by atoms with Gasteiger partial charge in [-0.1, -0.05) is 12.8 Å². The number of rotatable bonds is 4. The second-order valence-corrected chi connectivity index (χ2v) is 5.94. The lowest BCUT2D eigenvalue weighted by Crippen LogP contribution is -2.37. The molecule has 0 aromatic heterocycles. The first-order chi connectivity index (χ1) is 10.3. The number of nitrogens with zero attached hydrogens (tertiary/aromatic N) is 1. The molecule has 1 heterocycles. The molecule has 4 heteroatoms. The van der Waals surface area contributed by atoms with E-state index < -0.39 is 0 Å². The molecule has 0 N–H and O–H groups in total. The van der Waals surface area contributed by atoms with Crippen LogP contribution >= 0.6 is 0 Å². The summed E-state index contributed by atoms with van der Waals surface area (Å²) in [5.41, 5.74) is 2.60. The van der Waals surface area contributed by atoms with E-state index >= 15 is 0 Å². The van der Waals surface area contributed by atoms with Gasteiger partial charge in [-0.2, -0.15) is 0 Å². The van der Waals surface area contributed by atoms with Gasteiger partial charge in [0.05, 0.1) is 21.3 Å². The lowest BCUT2D eigenvalue weighted by Gasteiger charge is -2.35. The molecule has 116 valence electrons. The fourth-order valence-corrected chi connectivity index (χ4v) is 3.79. The fraction of sp³-hybridized carbons (Fsp3) is 0.647. The van der Waals surface area contributed by atoms with Gasteiger partial charge in [0, 0.05) is 24.7 Å². The zero-order valence-corrected chi connectivity index (χ0v) is 13.3. The summed E-state index contributed by atoms with van der Waals surface area (Å²) in [7, 11) is 5.06. The summed E-state index contributed by atoms with van der Waals surface area (Å²) in [6.45, 7) is 2.10. The number of hydrogen-bond donors (Lipinski definition) is 0. The molecule has 4 nitrogen and oxygen atoms in total. The molecule has 0 saturated heterocycles. The van der Waals surface area contributed by atoms with Gasteiger partial charge in [0.25, 0.3) is 0 Å². The maximum Gasteiger partial charge on any atom is 0.203 e. The largest absolute Gasteiger partial charge is 0.493 e. The summed E-state index contributed by atoms with van der Waals surface area (Å²) in [5.74, 6) is 2.32. The van der Waals surface area contributed by atoms with E-state index in [1.54, 1.807) is 21.3 Å². The van der Waals surface area contributed by atoms with Crippen molar-refractivity contribution in [1.29, 1.82) is 0 Å². The third-order valence-electron chi connectivity index (χ3n) is 4.90. The third-order valence-corrected chi connectivity index (χ3v) is 4.90. The molecule has 1 aromatic rings. The number of ether oxygens (including phenoxy) is 3. The highest BCUT2D eigenvalue weighted by molar-refractivity contribution is 5.59. The van der Waals surface area contributed by atoms with Crippen LogP contribution in [0.1, 0.15) is 36.8 Å². The molecule has 3 rings (SSSR count). The Labute approximate surface area is 127 Å². The van der Waals surface area contributed by atoms with Gasteiger partial charge in [-0.05, 0) is 30.9 Å². The Hall–Kier alpha value is -1.42. The van der Waals surface area contributed by atoms with Crippen molar-refractivity contribution in [3.05, 3.63) is 17.2 Å². The Morgan fingerprint density at radius 1 is 1.00 bits per heavy atom. The quantitative estimate of drug-likeness (QED) is 0.853. The molecule has 2 aliphatic rings. The van der Waals surface area contributed by atoms with Crippen LogP contribution < -0.4 is 14.2 Å². The Balaban J connectivity index is 1.95. The van der Waals surface area contributed by atoms with Gasteiger partial charge in [-0.25, -0.2) is 0 Å². The topological polar surface area (TPSA) is 30.9 Å². The molecule has 0 atom stereocenters. The van der Waals surface area contributed by atoms with Crippen LogP contribution in [0.4, 0.5) is 0 Å². The van der Waals surface area contributed by atoms with Crippen molar-refractivity contribution < 1.29 is 14.2 Å². The summed E-state index contributed by atoms with van der Waals surface area (Å²) < 4.78 is 16.6. The first kappa shape index (κ1) is 14.5. The van der Waals surface area contributed by atoms with Gasteiger partial charge < -0.3 is 14.2 Å². The minimum Gasteiger partial charge on any atom is -0.493 e. The highest BCUT2D eigenvalue weighted by atomic mass is 16.5. The summed E-state index contributed by atoms with van der Waals surface area (Å²) in [6.07, 6.45) is 6.48. The summed E-state index contributed by atoms with van der Waals surface area (Å²) in [5, 5.41) is 0. The van der Waals surface area contributed by atoms with Crippen molar-refractivity contribution in [3.8, 4) is 17.2 Å². The molecule has 0 amide bonds. The average Bonchev–Trinajstić information content (AvgIpc) is 3.06. The molecule has 0 radical (unpaired) electrons. The molecule has 1 aromatic carbocycles. The molecule has 1 saturated carbocycles. The first-order valence-corrected chi connectivity index (χ1v) is 7.83. The first-order valence-electron chi connectivity index (χ1n) is 7.83. The van der Waals surface area contributed by atoms with E-state index in [4.69, 9.17) is 14.2 Å². The molecule has 1 aliphatic heterocycles. The monoisotopic (exact) mass is 291 g/mol. The normalized spacial score (nSPS) is 19.4. The van der Waals surface area contributed by atoms with Gasteiger partial charge in [0.15, 0.2) is 11.5 Å². The molecule has 21 heavy (non-hydrogen) atoms. The standard InChI is InChI=1S/C17H25NO3/c1-19-15-10-12-8-9-18(13-6-4-5-7-13)11-14(12)16(20-2)17(15)21-3/h10,13H,4-9,11H2,1-3H3. The van der Waals surface area contributed by atoms with Gasteiger partial charge in [0.2, 0.25) is 5.75 Å². The number of hydrogen-bond acceptors (Lipinski definition) is 4. The summed E-state index contributed by atoms with van der Waals surface area (Å²) >= 11 is 0. The smallest absolute Gasteiger partial charge is 0.203 e. The second-order valence-electron chi connectivity index (χ2n) is 5.94. The Kier molecular flexibility index (Phi) is 4.24. The maximum absolute atomic E-state index is 5.66. The lowest BCUT2D eigenvalue weighted by atomic mass is 9.96. The van der Waals surface area contributed by atoms with Crippen molar-refractivity contribution in [3.63, 3.8) is 0 Å². The van der Waals surface area contributed by atoms with Crippen molar-refractivity contribution >= 4 is 0 Å². The number of benzene rings is 1. The van der Waals surface area contributed by atoms with Gasteiger partial charge >= 0.3 is 0 Å². The highest BCUT2D eigenvalue weighted by Gasteiger charge is 2.30. The van der Waals surface area contributed by atoms with Gasteiger partial charge in [-0.15, -0.1) is 0 Å². The van der Waals surface area contributed by atoms with Crippen LogP contribution in [0.2, 0.25) is 0 Å². The van der Waals surface area contributed by atoms with E-state index in [0.29, 0.717) is 5.75 Å². The van der Waals surface area contributed by atoms with Crippen LogP contribution in [0.3, 0.4) is 0 Å². The SMILES string of the molecule is COc1cc2c(c(OC)c1OC)CN(C1CCCC1)CC2. The molecule has 1 fully saturated rings. The second kappa shape index (κ2) is 6.14. The highest BCUT2D eigenvalue weighted by Crippen LogP contribution is 2.44. The van der Waals surface area contributed by atoms with E-state index in [-0.39, 0.29) is 0 Å². The molecular formula is C17H25NO3. The van der Waals surface area contributed by atoms with Crippen molar-refractivity contribution in [2.24, 2.45) is 0 Å². The van der Waals surface area contributed by atoms with Crippen molar-refractivity contribution in [2.75, 3.05) is 27.9 Å². The zero-order valence-electron chi connectivity index (χ0n) is 13.3. The molecule has 0 spiro atoms. The van der Waals surface area contributed by atoms with Gasteiger partial charge in [0.1, 0.15) is 0 Å². The van der Waals surface area contributed by atoms with E-state index in [9.17, 15) is 0 Å². The van der Waals surface area contributed by atoms with E-state index in [2.05, 4.69) is 11.0 Å². The number of methoxy groups -OCH3 is 3. The minimum atomic E-state index is 0.715. The van der Waals surface area contributed by atoms with Crippen LogP contribution in [-0.2, 0) is 13.0 Å². The summed E-state index contributed by atoms with van der Waals surface area (Å²) in [6, 6.07) is 2.86. The fourth-order valence-electron chi connectivity index (χ4n) is 3.79. The van der Waals surface area contributed by atoms with Crippen LogP contribution in [0, 0.1) is 0 Å². The predicted octanol–water partition coefficient (Wildman–Crippen LogP) is 3.01. The van der Waals surface area contributed by atoms with Crippen molar-refractivity contribution in [2.45, 2.75) is 44.7 Å². The Morgan fingerprint density at radius 3 is 2.33 bits per heavy atom. The molecular weight excluding hydrogens is 266 g/mol. The van der Waals surface area contributed by atoms with Crippen LogP contribution in [-0.4, -0.2) is 38.8 Å². The van der Waals surface area contributed by atoms with Gasteiger partial charge in [-0.3, -0.25) is 4.90 Å². The maximum atomic E-state index is 5.66. The minimum absolute atomic E-state index is 0.715. The number of fused-ring (bicyclic) bond motifs is 1. The van der Waals surface area contributed by atoms with Crippen molar-refractivity contribution in [1.82, 2.24) is 4.90 Å². The lowest BCUT2D eigenvalue weighted by molar-refractivity contribution is 0.177.